The molecule has 80 valence electrons. The highest BCUT2D eigenvalue weighted by Gasteiger charge is 2.05. The molecule has 16 heavy (non-hydrogen) atoms. The molecule has 3 rings (SSSR count). The number of aromatic amines is 1. The zero-order valence-corrected chi connectivity index (χ0v) is 9.36. The van der Waals surface area contributed by atoms with Gasteiger partial charge in [0.25, 0.3) is 0 Å². The molecular formula is C13H13N3. The second-order valence-electron chi connectivity index (χ2n) is 4.41. The van der Waals surface area contributed by atoms with E-state index in [1.807, 2.05) is 6.07 Å². The van der Waals surface area contributed by atoms with Crippen molar-refractivity contribution >= 4 is 21.8 Å². The van der Waals surface area contributed by atoms with Crippen molar-refractivity contribution in [3.8, 4) is 0 Å². The topological polar surface area (TPSA) is 41.6 Å². The quantitative estimate of drug-likeness (QED) is 0.671. The van der Waals surface area contributed by atoms with E-state index in [9.17, 15) is 0 Å². The molecule has 1 aromatic heterocycles. The fourth-order valence-corrected chi connectivity index (χ4v) is 2.02. The Morgan fingerprint density at radius 2 is 2.00 bits per heavy atom. The first kappa shape index (κ1) is 9.33. The molecule has 0 aliphatic heterocycles. The monoisotopic (exact) mass is 211 g/mol. The molecule has 3 aromatic rings. The Balaban J connectivity index is 2.37. The van der Waals surface area contributed by atoms with Gasteiger partial charge in [0.2, 0.25) is 0 Å². The lowest BCUT2D eigenvalue weighted by Gasteiger charge is -2.06. The minimum absolute atomic E-state index is 0.553. The minimum Gasteiger partial charge on any atom is -0.258 e. The Bertz CT molecular complexity index is 652. The highest BCUT2D eigenvalue weighted by molar-refractivity contribution is 6.03. The second-order valence-corrected chi connectivity index (χ2v) is 4.41. The molecule has 2 aromatic carbocycles. The van der Waals surface area contributed by atoms with Crippen LogP contribution in [-0.2, 0) is 0 Å². The Labute approximate surface area is 93.5 Å². The van der Waals surface area contributed by atoms with Crippen LogP contribution >= 0.6 is 0 Å². The zero-order valence-electron chi connectivity index (χ0n) is 9.36. The standard InChI is InChI=1S/C13H13N3/c1-8(2)9-3-5-11-10(7-9)4-6-12-13(11)15-16-14-12/h3-8H,1-2H3,(H,14,15,16). The van der Waals surface area contributed by atoms with Crippen molar-refractivity contribution in [2.24, 2.45) is 0 Å². The van der Waals surface area contributed by atoms with Crippen LogP contribution in [0.5, 0.6) is 0 Å². The van der Waals surface area contributed by atoms with Gasteiger partial charge in [-0.25, -0.2) is 0 Å². The first-order chi connectivity index (χ1) is 7.75. The number of H-pyrrole nitrogens is 1. The summed E-state index contributed by atoms with van der Waals surface area (Å²) in [5.74, 6) is 0.553. The summed E-state index contributed by atoms with van der Waals surface area (Å²) in [4.78, 5) is 0. The molecule has 0 fully saturated rings. The molecule has 1 N–H and O–H groups in total. The molecule has 0 saturated carbocycles. The fourth-order valence-electron chi connectivity index (χ4n) is 2.02. The summed E-state index contributed by atoms with van der Waals surface area (Å²) >= 11 is 0. The van der Waals surface area contributed by atoms with Crippen LogP contribution in [0.2, 0.25) is 0 Å². The molecule has 0 bridgehead atoms. The van der Waals surface area contributed by atoms with E-state index in [1.54, 1.807) is 0 Å². The van der Waals surface area contributed by atoms with Gasteiger partial charge >= 0.3 is 0 Å². The SMILES string of the molecule is CC(C)c1ccc2c(ccc3[nH]nnc32)c1. The zero-order chi connectivity index (χ0) is 11.1. The molecule has 1 heterocycles. The summed E-state index contributed by atoms with van der Waals surface area (Å²) in [5.41, 5.74) is 3.30. The van der Waals surface area contributed by atoms with Crippen molar-refractivity contribution in [2.45, 2.75) is 19.8 Å². The minimum atomic E-state index is 0.553. The highest BCUT2D eigenvalue weighted by atomic mass is 15.3. The molecule has 0 spiro atoms. The number of fused-ring (bicyclic) bond motifs is 3. The Morgan fingerprint density at radius 3 is 2.81 bits per heavy atom. The van der Waals surface area contributed by atoms with Gasteiger partial charge in [0.15, 0.2) is 0 Å². The fraction of sp³-hybridized carbons (Fsp3) is 0.231. The van der Waals surface area contributed by atoms with Crippen LogP contribution in [0.15, 0.2) is 30.3 Å². The van der Waals surface area contributed by atoms with Crippen molar-refractivity contribution in [1.82, 2.24) is 15.4 Å². The summed E-state index contributed by atoms with van der Waals surface area (Å²) in [6.45, 7) is 4.41. The smallest absolute Gasteiger partial charge is 0.120 e. The Hall–Kier alpha value is -1.90. The van der Waals surface area contributed by atoms with E-state index in [2.05, 4.69) is 53.5 Å². The maximum atomic E-state index is 4.12. The summed E-state index contributed by atoms with van der Waals surface area (Å²) in [6, 6.07) is 10.7. The van der Waals surface area contributed by atoms with Gasteiger partial charge in [0, 0.05) is 5.39 Å². The van der Waals surface area contributed by atoms with Gasteiger partial charge in [0.1, 0.15) is 5.52 Å². The number of benzene rings is 2. The van der Waals surface area contributed by atoms with E-state index < -0.39 is 0 Å². The number of hydrogen-bond donors (Lipinski definition) is 1. The van der Waals surface area contributed by atoms with E-state index in [4.69, 9.17) is 0 Å². The first-order valence-corrected chi connectivity index (χ1v) is 5.49. The largest absolute Gasteiger partial charge is 0.258 e. The molecule has 0 radical (unpaired) electrons. The van der Waals surface area contributed by atoms with Crippen molar-refractivity contribution in [2.75, 3.05) is 0 Å². The van der Waals surface area contributed by atoms with Crippen LogP contribution in [0.1, 0.15) is 25.3 Å². The third-order valence-corrected chi connectivity index (χ3v) is 3.00. The molecule has 0 unspecified atom stereocenters. The Morgan fingerprint density at radius 1 is 1.12 bits per heavy atom. The maximum Gasteiger partial charge on any atom is 0.120 e. The third-order valence-electron chi connectivity index (χ3n) is 3.00. The third kappa shape index (κ3) is 1.28. The van der Waals surface area contributed by atoms with Crippen LogP contribution in [0.25, 0.3) is 21.8 Å². The van der Waals surface area contributed by atoms with Crippen LogP contribution < -0.4 is 0 Å². The van der Waals surface area contributed by atoms with Crippen molar-refractivity contribution in [3.63, 3.8) is 0 Å². The number of rotatable bonds is 1. The molecular weight excluding hydrogens is 198 g/mol. The van der Waals surface area contributed by atoms with Gasteiger partial charge in [-0.3, -0.25) is 5.10 Å². The van der Waals surface area contributed by atoms with Gasteiger partial charge < -0.3 is 0 Å². The Kier molecular flexibility index (Phi) is 1.93. The molecule has 3 heteroatoms. The normalized spacial score (nSPS) is 11.7. The maximum absolute atomic E-state index is 4.12. The van der Waals surface area contributed by atoms with E-state index in [0.29, 0.717) is 5.92 Å². The van der Waals surface area contributed by atoms with Crippen molar-refractivity contribution in [1.29, 1.82) is 0 Å². The predicted octanol–water partition coefficient (Wildman–Crippen LogP) is 3.23. The lowest BCUT2D eigenvalue weighted by atomic mass is 9.99. The molecule has 0 atom stereocenters. The molecule has 0 aliphatic carbocycles. The van der Waals surface area contributed by atoms with E-state index in [1.165, 1.54) is 10.9 Å². The molecule has 0 saturated heterocycles. The van der Waals surface area contributed by atoms with E-state index in [0.717, 1.165) is 16.4 Å². The van der Waals surface area contributed by atoms with E-state index in [-0.39, 0.29) is 0 Å². The van der Waals surface area contributed by atoms with Gasteiger partial charge in [-0.05, 0) is 22.9 Å². The van der Waals surface area contributed by atoms with Crippen molar-refractivity contribution < 1.29 is 0 Å². The van der Waals surface area contributed by atoms with Gasteiger partial charge in [-0.1, -0.05) is 43.3 Å². The average Bonchev–Trinajstić information content (AvgIpc) is 2.76. The summed E-state index contributed by atoms with van der Waals surface area (Å²) in [7, 11) is 0. The first-order valence-electron chi connectivity index (χ1n) is 5.49. The number of nitrogens with zero attached hydrogens (tertiary/aromatic N) is 2. The van der Waals surface area contributed by atoms with Gasteiger partial charge in [-0.15, -0.1) is 5.10 Å². The van der Waals surface area contributed by atoms with Gasteiger partial charge in [0.05, 0.1) is 5.52 Å². The van der Waals surface area contributed by atoms with Crippen molar-refractivity contribution in [3.05, 3.63) is 35.9 Å². The molecule has 0 aliphatic rings. The van der Waals surface area contributed by atoms with Crippen LogP contribution in [-0.4, -0.2) is 15.4 Å². The summed E-state index contributed by atoms with van der Waals surface area (Å²) in [6.07, 6.45) is 0. The average molecular weight is 211 g/mol. The van der Waals surface area contributed by atoms with Crippen LogP contribution in [0, 0.1) is 0 Å². The second kappa shape index (κ2) is 3.30. The predicted molar refractivity (Wildman–Crippen MR) is 65.5 cm³/mol. The highest BCUT2D eigenvalue weighted by Crippen LogP contribution is 2.25. The number of aromatic nitrogens is 3. The van der Waals surface area contributed by atoms with E-state index >= 15 is 0 Å². The van der Waals surface area contributed by atoms with Crippen LogP contribution in [0.3, 0.4) is 0 Å². The van der Waals surface area contributed by atoms with Crippen LogP contribution in [0.4, 0.5) is 0 Å². The number of nitrogens with one attached hydrogen (secondary N) is 1. The summed E-state index contributed by atoms with van der Waals surface area (Å²) in [5, 5.41) is 13.2. The molecule has 3 nitrogen and oxygen atoms in total. The molecule has 0 amide bonds. The lowest BCUT2D eigenvalue weighted by Crippen LogP contribution is -1.87. The summed E-state index contributed by atoms with van der Waals surface area (Å²) < 4.78 is 0. The van der Waals surface area contributed by atoms with Gasteiger partial charge in [-0.2, -0.15) is 0 Å². The lowest BCUT2D eigenvalue weighted by molar-refractivity contribution is 0.869. The number of hydrogen-bond acceptors (Lipinski definition) is 2.